The van der Waals surface area contributed by atoms with Gasteiger partial charge < -0.3 is 9.64 Å². The average molecular weight is 416 g/mol. The molecule has 0 bridgehead atoms. The van der Waals surface area contributed by atoms with Crippen molar-refractivity contribution in [2.24, 2.45) is 5.92 Å². The zero-order valence-corrected chi connectivity index (χ0v) is 17.0. The molecule has 1 fully saturated rings. The molecule has 3 aromatic rings. The number of methoxy groups -OCH3 is 1. The van der Waals surface area contributed by atoms with E-state index in [0.717, 1.165) is 56.0 Å². The molecule has 0 unspecified atom stereocenters. The summed E-state index contributed by atoms with van der Waals surface area (Å²) in [6, 6.07) is 7.79. The minimum atomic E-state index is -0.883. The minimum absolute atomic E-state index is 0.442. The number of nitrogens with zero attached hydrogens (tertiary/aromatic N) is 4. The molecule has 5 nitrogen and oxygen atoms in total. The predicted molar refractivity (Wildman–Crippen MR) is 109 cm³/mol. The van der Waals surface area contributed by atoms with Gasteiger partial charge in [-0.05, 0) is 61.4 Å². The smallest absolute Gasteiger partial charge is 0.213 e. The van der Waals surface area contributed by atoms with Gasteiger partial charge >= 0.3 is 0 Å². The Bertz CT molecular complexity index is 973. The summed E-state index contributed by atoms with van der Waals surface area (Å²) in [6.45, 7) is 1.85. The Hall–Kier alpha value is -2.61. The molecule has 152 valence electrons. The van der Waals surface area contributed by atoms with Crippen molar-refractivity contribution in [3.05, 3.63) is 53.7 Å². The maximum atomic E-state index is 13.5. The highest BCUT2D eigenvalue weighted by Gasteiger charge is 2.22. The number of hydrogen-bond acceptors (Lipinski definition) is 6. The van der Waals surface area contributed by atoms with E-state index in [1.807, 2.05) is 12.1 Å². The molecule has 0 N–H and O–H groups in total. The normalized spacial score (nSPS) is 14.9. The second kappa shape index (κ2) is 8.82. The fourth-order valence-electron chi connectivity index (χ4n) is 3.60. The van der Waals surface area contributed by atoms with Crippen molar-refractivity contribution in [2.45, 2.75) is 25.7 Å². The Labute approximate surface area is 172 Å². The van der Waals surface area contributed by atoms with Crippen molar-refractivity contribution in [3.63, 3.8) is 0 Å². The SMILES string of the molecule is COc1cc(CCC2CCN(c3nc(-c4ccc(F)c(F)c4)ns3)CC2)ccn1. The Morgan fingerprint density at radius 3 is 2.72 bits per heavy atom. The molecule has 0 aliphatic carbocycles. The number of hydrogen-bond donors (Lipinski definition) is 0. The van der Waals surface area contributed by atoms with Gasteiger partial charge in [-0.25, -0.2) is 13.8 Å². The molecule has 1 aliphatic rings. The molecule has 1 aromatic carbocycles. The fraction of sp³-hybridized carbons (Fsp3) is 0.381. The van der Waals surface area contributed by atoms with Crippen molar-refractivity contribution in [1.29, 1.82) is 0 Å². The van der Waals surface area contributed by atoms with Crippen LogP contribution in [0.15, 0.2) is 36.5 Å². The molecule has 0 atom stereocenters. The summed E-state index contributed by atoms with van der Waals surface area (Å²) in [5, 5.41) is 0.835. The lowest BCUT2D eigenvalue weighted by molar-refractivity contribution is 0.379. The summed E-state index contributed by atoms with van der Waals surface area (Å²) in [5.41, 5.74) is 1.74. The van der Waals surface area contributed by atoms with Gasteiger partial charge in [0, 0.05) is 42.4 Å². The minimum Gasteiger partial charge on any atom is -0.481 e. The number of ether oxygens (including phenoxy) is 1. The Balaban J connectivity index is 1.31. The highest BCUT2D eigenvalue weighted by atomic mass is 32.1. The van der Waals surface area contributed by atoms with Gasteiger partial charge in [-0.2, -0.15) is 9.36 Å². The van der Waals surface area contributed by atoms with E-state index in [4.69, 9.17) is 4.74 Å². The van der Waals surface area contributed by atoms with Crippen LogP contribution in [-0.2, 0) is 6.42 Å². The number of benzene rings is 1. The molecule has 1 saturated heterocycles. The number of rotatable bonds is 6. The number of anilines is 1. The third-order valence-electron chi connectivity index (χ3n) is 5.33. The van der Waals surface area contributed by atoms with Gasteiger partial charge in [0.2, 0.25) is 11.0 Å². The molecule has 1 aliphatic heterocycles. The third kappa shape index (κ3) is 4.70. The Kier molecular flexibility index (Phi) is 5.99. The molecule has 0 radical (unpaired) electrons. The highest BCUT2D eigenvalue weighted by Crippen LogP contribution is 2.30. The topological polar surface area (TPSA) is 51.1 Å². The average Bonchev–Trinajstić information content (AvgIpc) is 3.25. The largest absolute Gasteiger partial charge is 0.481 e. The van der Waals surface area contributed by atoms with Gasteiger partial charge in [-0.15, -0.1) is 0 Å². The monoisotopic (exact) mass is 416 g/mol. The first kappa shape index (κ1) is 19.7. The summed E-state index contributed by atoms with van der Waals surface area (Å²) in [6.07, 6.45) is 6.14. The molecule has 2 aromatic heterocycles. The van der Waals surface area contributed by atoms with Gasteiger partial charge in [-0.1, -0.05) is 0 Å². The molecule has 3 heterocycles. The maximum absolute atomic E-state index is 13.5. The van der Waals surface area contributed by atoms with Crippen molar-refractivity contribution >= 4 is 16.7 Å². The first-order chi connectivity index (χ1) is 14.1. The van der Waals surface area contributed by atoms with Crippen LogP contribution in [0, 0.1) is 17.6 Å². The lowest BCUT2D eigenvalue weighted by Gasteiger charge is -2.31. The highest BCUT2D eigenvalue weighted by molar-refractivity contribution is 7.09. The van der Waals surface area contributed by atoms with Crippen LogP contribution in [0.3, 0.4) is 0 Å². The number of pyridine rings is 1. The molecule has 4 rings (SSSR count). The van der Waals surface area contributed by atoms with Crippen LogP contribution in [0.2, 0.25) is 0 Å². The molecule has 0 spiro atoms. The summed E-state index contributed by atoms with van der Waals surface area (Å²) >= 11 is 1.30. The Morgan fingerprint density at radius 2 is 1.97 bits per heavy atom. The first-order valence-electron chi connectivity index (χ1n) is 9.65. The first-order valence-corrected chi connectivity index (χ1v) is 10.4. The van der Waals surface area contributed by atoms with Gasteiger partial charge in [0.25, 0.3) is 0 Å². The third-order valence-corrected chi connectivity index (χ3v) is 6.10. The molecular weight excluding hydrogens is 394 g/mol. The summed E-state index contributed by atoms with van der Waals surface area (Å²) < 4.78 is 36.1. The zero-order valence-electron chi connectivity index (χ0n) is 16.1. The van der Waals surface area contributed by atoms with Crippen LogP contribution in [0.4, 0.5) is 13.9 Å². The van der Waals surface area contributed by atoms with E-state index in [9.17, 15) is 8.78 Å². The van der Waals surface area contributed by atoms with Gasteiger partial charge in [0.05, 0.1) is 7.11 Å². The Morgan fingerprint density at radius 1 is 1.14 bits per heavy atom. The summed E-state index contributed by atoms with van der Waals surface area (Å²) in [5.74, 6) is 0.0232. The predicted octanol–water partition coefficient (Wildman–Crippen LogP) is 4.74. The van der Waals surface area contributed by atoms with Crippen LogP contribution in [-0.4, -0.2) is 34.5 Å². The summed E-state index contributed by atoms with van der Waals surface area (Å²) in [4.78, 5) is 10.9. The number of aryl methyl sites for hydroxylation is 1. The standard InChI is InChI=1S/C21H22F2N4OS/c1-28-19-12-15(6-9-24-19)3-2-14-7-10-27(11-8-14)21-25-20(26-29-21)16-4-5-17(22)18(23)13-16/h4-6,9,12-14H,2-3,7-8,10-11H2,1H3. The molecule has 0 amide bonds. The van der Waals surface area contributed by atoms with Crippen LogP contribution >= 0.6 is 11.5 Å². The van der Waals surface area contributed by atoms with Crippen LogP contribution < -0.4 is 9.64 Å². The number of aromatic nitrogens is 3. The van der Waals surface area contributed by atoms with E-state index in [-0.39, 0.29) is 0 Å². The van der Waals surface area contributed by atoms with E-state index in [0.29, 0.717) is 23.2 Å². The lowest BCUT2D eigenvalue weighted by atomic mass is 9.91. The molecule has 0 saturated carbocycles. The van der Waals surface area contributed by atoms with E-state index >= 15 is 0 Å². The van der Waals surface area contributed by atoms with E-state index in [2.05, 4.69) is 19.2 Å². The number of halogens is 2. The van der Waals surface area contributed by atoms with Gasteiger partial charge in [0.1, 0.15) is 0 Å². The van der Waals surface area contributed by atoms with Crippen LogP contribution in [0.5, 0.6) is 5.88 Å². The lowest BCUT2D eigenvalue weighted by Crippen LogP contribution is -2.33. The fourth-order valence-corrected chi connectivity index (χ4v) is 4.34. The molecular formula is C21H22F2N4OS. The maximum Gasteiger partial charge on any atom is 0.213 e. The second-order valence-corrected chi connectivity index (χ2v) is 7.94. The van der Waals surface area contributed by atoms with Crippen molar-refractivity contribution in [1.82, 2.24) is 14.3 Å². The van der Waals surface area contributed by atoms with Crippen LogP contribution in [0.1, 0.15) is 24.8 Å². The second-order valence-electron chi connectivity index (χ2n) is 7.20. The number of piperidine rings is 1. The zero-order chi connectivity index (χ0) is 20.2. The summed E-state index contributed by atoms with van der Waals surface area (Å²) in [7, 11) is 1.63. The van der Waals surface area contributed by atoms with Gasteiger partial charge in [0.15, 0.2) is 17.5 Å². The van der Waals surface area contributed by atoms with Crippen LogP contribution in [0.25, 0.3) is 11.4 Å². The molecule has 8 heteroatoms. The quantitative estimate of drug-likeness (QED) is 0.581. The van der Waals surface area contributed by atoms with Gasteiger partial charge in [-0.3, -0.25) is 0 Å². The van der Waals surface area contributed by atoms with E-state index in [1.54, 1.807) is 13.3 Å². The van der Waals surface area contributed by atoms with E-state index in [1.165, 1.54) is 23.2 Å². The van der Waals surface area contributed by atoms with Crippen molar-refractivity contribution in [2.75, 3.05) is 25.1 Å². The van der Waals surface area contributed by atoms with E-state index < -0.39 is 11.6 Å². The van der Waals surface area contributed by atoms with Crippen molar-refractivity contribution < 1.29 is 13.5 Å². The van der Waals surface area contributed by atoms with Crippen molar-refractivity contribution in [3.8, 4) is 17.3 Å². The molecule has 29 heavy (non-hydrogen) atoms.